The number of hydrogen-bond donors (Lipinski definition) is 1. The van der Waals surface area contributed by atoms with E-state index in [-0.39, 0.29) is 30.2 Å². The maximum atomic E-state index is 11.3. The Labute approximate surface area is 379 Å². The molecule has 12 rings (SSSR count). The van der Waals surface area contributed by atoms with Crippen LogP contribution < -0.4 is 24.7 Å². The lowest BCUT2D eigenvalue weighted by atomic mass is 9.72. The topological polar surface area (TPSA) is 138 Å². The number of nitrogens with zero attached hydrogens (tertiary/aromatic N) is 6. The van der Waals surface area contributed by atoms with Gasteiger partial charge in [0, 0.05) is 59.6 Å². The largest absolute Gasteiger partial charge is 0.497 e. The molecule has 6 aliphatic heterocycles. The number of benzene rings is 3. The van der Waals surface area contributed by atoms with Gasteiger partial charge in [0.2, 0.25) is 17.7 Å². The van der Waals surface area contributed by atoms with Crippen LogP contribution in [0.15, 0.2) is 85.2 Å². The fraction of sp³-hybridized carbons (Fsp3) is 0.471. The minimum atomic E-state index is -0.362. The molecule has 6 fully saturated rings. The van der Waals surface area contributed by atoms with Crippen molar-refractivity contribution in [3.05, 3.63) is 96.3 Å². The second-order valence-electron chi connectivity index (χ2n) is 18.2. The van der Waals surface area contributed by atoms with Crippen molar-refractivity contribution in [2.75, 3.05) is 51.9 Å². The van der Waals surface area contributed by atoms with Crippen molar-refractivity contribution in [1.82, 2.24) is 30.0 Å². The summed E-state index contributed by atoms with van der Waals surface area (Å²) in [5.74, 6) is 6.61. The molecular formula is C51H59N7O5S. The van der Waals surface area contributed by atoms with Gasteiger partial charge in [-0.2, -0.15) is 11.8 Å². The van der Waals surface area contributed by atoms with Gasteiger partial charge in [0.1, 0.15) is 23.7 Å². The summed E-state index contributed by atoms with van der Waals surface area (Å²) in [5.41, 5.74) is 9.33. The van der Waals surface area contributed by atoms with Crippen LogP contribution in [0.25, 0.3) is 32.6 Å². The van der Waals surface area contributed by atoms with E-state index >= 15 is 0 Å². The number of rotatable bonds is 17. The van der Waals surface area contributed by atoms with Crippen LogP contribution in [0.5, 0.6) is 23.3 Å². The zero-order valence-corrected chi connectivity index (χ0v) is 37.9. The van der Waals surface area contributed by atoms with Gasteiger partial charge in [-0.3, -0.25) is 24.6 Å². The van der Waals surface area contributed by atoms with Crippen molar-refractivity contribution in [1.29, 1.82) is 0 Å². The molecule has 334 valence electrons. The molecular weight excluding hydrogens is 823 g/mol. The maximum absolute atomic E-state index is 11.3. The molecule has 12 nitrogen and oxygen atoms in total. The third-order valence-electron chi connectivity index (χ3n) is 14.9. The van der Waals surface area contributed by atoms with Crippen molar-refractivity contribution < 1.29 is 23.7 Å². The lowest BCUT2D eigenvalue weighted by molar-refractivity contribution is -0.117. The van der Waals surface area contributed by atoms with Gasteiger partial charge in [0.15, 0.2) is 0 Å². The summed E-state index contributed by atoms with van der Waals surface area (Å²) in [6, 6.07) is 24.8. The predicted octanol–water partition coefficient (Wildman–Crippen LogP) is 8.81. The van der Waals surface area contributed by atoms with E-state index in [0.717, 1.165) is 112 Å². The molecule has 6 unspecified atom stereocenters. The van der Waals surface area contributed by atoms with Crippen molar-refractivity contribution >= 4 is 50.2 Å². The molecule has 0 spiro atoms. The predicted molar refractivity (Wildman–Crippen MR) is 252 cm³/mol. The van der Waals surface area contributed by atoms with Gasteiger partial charge in [0.25, 0.3) is 0 Å². The number of primary amides is 1. The van der Waals surface area contributed by atoms with Crippen LogP contribution in [-0.4, -0.2) is 99.9 Å². The lowest BCUT2D eigenvalue weighted by Crippen LogP contribution is -2.56. The molecule has 10 atom stereocenters. The summed E-state index contributed by atoms with van der Waals surface area (Å²) in [5, 5.41) is 13.6. The summed E-state index contributed by atoms with van der Waals surface area (Å²) < 4.78 is 26.1. The Hall–Kier alpha value is -5.24. The Kier molecular flexibility index (Phi) is 12.5. The molecule has 6 aliphatic rings. The van der Waals surface area contributed by atoms with Gasteiger partial charge in [-0.05, 0) is 135 Å². The van der Waals surface area contributed by atoms with Crippen LogP contribution >= 0.6 is 11.8 Å². The van der Waals surface area contributed by atoms with Crippen LogP contribution in [0.3, 0.4) is 0 Å². The molecule has 6 aromatic rings. The first-order chi connectivity index (χ1) is 31.4. The molecule has 0 saturated carbocycles. The van der Waals surface area contributed by atoms with E-state index in [9.17, 15) is 4.79 Å². The quantitative estimate of drug-likeness (QED) is 0.0877. The van der Waals surface area contributed by atoms with Gasteiger partial charge in [-0.25, -0.2) is 0 Å². The van der Waals surface area contributed by atoms with Gasteiger partial charge in [-0.1, -0.05) is 25.5 Å². The number of nitrogens with two attached hydrogens (primary N) is 1. The molecule has 6 saturated heterocycles. The van der Waals surface area contributed by atoms with E-state index in [1.54, 1.807) is 14.2 Å². The van der Waals surface area contributed by atoms with Crippen molar-refractivity contribution in [2.24, 2.45) is 29.4 Å². The van der Waals surface area contributed by atoms with Gasteiger partial charge in [-0.15, -0.1) is 10.2 Å². The highest BCUT2D eigenvalue weighted by molar-refractivity contribution is 7.99. The number of methoxy groups -OCH3 is 2. The van der Waals surface area contributed by atoms with Crippen molar-refractivity contribution in [2.45, 2.75) is 76.2 Å². The van der Waals surface area contributed by atoms with E-state index in [1.807, 2.05) is 60.6 Å². The number of fused-ring (bicyclic) bond motifs is 9. The number of hydrogen-bond acceptors (Lipinski definition) is 12. The summed E-state index contributed by atoms with van der Waals surface area (Å²) in [7, 11) is 3.40. The smallest absolute Gasteiger partial charge is 0.242 e. The van der Waals surface area contributed by atoms with Crippen LogP contribution in [-0.2, 0) is 4.79 Å². The number of pyridine rings is 2. The molecule has 3 aromatic carbocycles. The molecule has 1 amide bonds. The number of ether oxygens (including phenoxy) is 4. The minimum Gasteiger partial charge on any atom is -0.497 e. The molecule has 2 N–H and O–H groups in total. The first-order valence-electron chi connectivity index (χ1n) is 23.2. The zero-order valence-electron chi connectivity index (χ0n) is 37.1. The normalized spacial score (nSPS) is 25.9. The third-order valence-corrected chi connectivity index (χ3v) is 15.9. The lowest BCUT2D eigenvalue weighted by Gasteiger charge is -2.52. The Morgan fingerprint density at radius 1 is 0.719 bits per heavy atom. The SMILES string of the molecule is CCC1CN2CC[C@@H]1C[C@H]2C(Oc1nnc(OC(c2ccnc3ccc(OC)cc23)[C@H]2C[C@H]3CCN2CC3CCSCCC(N)=O)c2ccccc12)c1ccnc2ccc(OC)cc12. The molecule has 13 heteroatoms. The molecule has 4 bridgehead atoms. The highest BCUT2D eigenvalue weighted by atomic mass is 32.2. The Morgan fingerprint density at radius 3 is 1.72 bits per heavy atom. The fourth-order valence-corrected chi connectivity index (χ4v) is 12.5. The molecule has 3 aromatic heterocycles. The first kappa shape index (κ1) is 42.7. The van der Waals surface area contributed by atoms with Crippen LogP contribution in [0, 0.1) is 23.7 Å². The van der Waals surface area contributed by atoms with Crippen LogP contribution in [0.4, 0.5) is 0 Å². The van der Waals surface area contributed by atoms with Gasteiger partial charge >= 0.3 is 0 Å². The number of amides is 1. The molecule has 0 radical (unpaired) electrons. The van der Waals surface area contributed by atoms with E-state index in [2.05, 4.69) is 53.1 Å². The summed E-state index contributed by atoms with van der Waals surface area (Å²) in [4.78, 5) is 26.1. The van der Waals surface area contributed by atoms with E-state index in [0.29, 0.717) is 41.9 Å². The average molecular weight is 882 g/mol. The van der Waals surface area contributed by atoms with Crippen molar-refractivity contribution in [3.63, 3.8) is 0 Å². The average Bonchev–Trinajstić information content (AvgIpc) is 3.34. The Bertz CT molecular complexity index is 2630. The number of thioether (sulfide) groups is 1. The van der Waals surface area contributed by atoms with E-state index in [1.165, 1.54) is 19.3 Å². The Balaban J connectivity index is 1.01. The second kappa shape index (κ2) is 18.7. The monoisotopic (exact) mass is 881 g/mol. The fourth-order valence-electron chi connectivity index (χ4n) is 11.5. The highest BCUT2D eigenvalue weighted by Crippen LogP contribution is 2.48. The van der Waals surface area contributed by atoms with E-state index < -0.39 is 0 Å². The number of carbonyl (C=O) groups is 1. The standard InChI is InChI=1S/C51H59N7O5S/c1-4-31-29-57-21-15-32(31)25-45(57)48(37-13-19-53-43-11-9-35(60-2)27-41(37)43)62-50-39-7-5-6-8-40(39)51(56-55-50)63-49(38-14-20-54-44-12-10-36(61-3)28-42(38)44)46-26-33-16-22-58(46)30-34(33)17-23-64-24-18-47(52)59/h5-14,19-20,27-28,31-34,45-46,48-49H,4,15-18,21-26,29-30H2,1-3H3,(H2,52,59)/t31?,32-,33-,34?,45+,46-,48?,49?/m1/s1. The molecule has 64 heavy (non-hydrogen) atoms. The van der Waals surface area contributed by atoms with Crippen LogP contribution in [0.2, 0.25) is 0 Å². The summed E-state index contributed by atoms with van der Waals surface area (Å²) in [6.45, 7) is 6.48. The number of aromatic nitrogens is 4. The molecule has 0 aliphatic carbocycles. The highest BCUT2D eigenvalue weighted by Gasteiger charge is 2.46. The summed E-state index contributed by atoms with van der Waals surface area (Å²) >= 11 is 1.83. The van der Waals surface area contributed by atoms with Gasteiger partial charge in [0.05, 0.1) is 48.1 Å². The number of carbonyl (C=O) groups excluding carboxylic acids is 1. The summed E-state index contributed by atoms with van der Waals surface area (Å²) in [6.07, 6.45) is 10.3. The van der Waals surface area contributed by atoms with Crippen molar-refractivity contribution in [3.8, 4) is 23.3 Å². The number of piperidine rings is 6. The second-order valence-corrected chi connectivity index (χ2v) is 19.5. The van der Waals surface area contributed by atoms with E-state index in [4.69, 9.17) is 44.8 Å². The van der Waals surface area contributed by atoms with Crippen LogP contribution in [0.1, 0.15) is 75.2 Å². The third kappa shape index (κ3) is 8.42. The minimum absolute atomic E-state index is 0.106. The van der Waals surface area contributed by atoms with Gasteiger partial charge < -0.3 is 24.7 Å². The Morgan fingerprint density at radius 2 is 1.25 bits per heavy atom. The maximum Gasteiger partial charge on any atom is 0.242 e. The first-order valence-corrected chi connectivity index (χ1v) is 24.3. The zero-order chi connectivity index (χ0) is 43.7. The molecule has 9 heterocycles.